The Kier molecular flexibility index (Phi) is 2.88. The Morgan fingerprint density at radius 3 is 2.69 bits per heavy atom. The van der Waals surface area contributed by atoms with E-state index in [4.69, 9.17) is 5.73 Å². The molecular formula is C9H10ClF2N. The predicted octanol–water partition coefficient (Wildman–Crippen LogP) is 2.33. The molecule has 1 aliphatic carbocycles. The molecule has 2 rings (SSSR count). The molecule has 0 spiro atoms. The quantitative estimate of drug-likeness (QED) is 0.691. The maximum atomic E-state index is 13.0. The van der Waals surface area contributed by atoms with Crippen molar-refractivity contribution in [3.8, 4) is 0 Å². The Hall–Kier alpha value is -0.670. The maximum absolute atomic E-state index is 13.0. The third-order valence-electron chi connectivity index (χ3n) is 2.30. The van der Waals surface area contributed by atoms with Gasteiger partial charge in [-0.15, -0.1) is 12.4 Å². The average molecular weight is 206 g/mol. The summed E-state index contributed by atoms with van der Waals surface area (Å²) in [6.07, 6.45) is 1.35. The summed E-state index contributed by atoms with van der Waals surface area (Å²) in [4.78, 5) is 0. The fourth-order valence-corrected chi connectivity index (χ4v) is 1.67. The number of fused-ring (bicyclic) bond motifs is 1. The number of hydrogen-bond donors (Lipinski definition) is 1. The Labute approximate surface area is 81.3 Å². The number of rotatable bonds is 0. The summed E-state index contributed by atoms with van der Waals surface area (Å²) in [6.45, 7) is 0. The minimum Gasteiger partial charge on any atom is -0.324 e. The summed E-state index contributed by atoms with van der Waals surface area (Å²) < 4.78 is 25.7. The van der Waals surface area contributed by atoms with Crippen LogP contribution in [0.25, 0.3) is 0 Å². The fourth-order valence-electron chi connectivity index (χ4n) is 1.67. The van der Waals surface area contributed by atoms with E-state index in [1.165, 1.54) is 6.07 Å². The zero-order chi connectivity index (χ0) is 8.72. The van der Waals surface area contributed by atoms with Gasteiger partial charge in [0, 0.05) is 12.1 Å². The first-order valence-corrected chi connectivity index (χ1v) is 3.92. The summed E-state index contributed by atoms with van der Waals surface area (Å²) in [5, 5.41) is 0. The topological polar surface area (TPSA) is 26.0 Å². The van der Waals surface area contributed by atoms with Crippen molar-refractivity contribution < 1.29 is 8.78 Å². The summed E-state index contributed by atoms with van der Waals surface area (Å²) in [5.74, 6) is -0.999. The summed E-state index contributed by atoms with van der Waals surface area (Å²) >= 11 is 0. The van der Waals surface area contributed by atoms with Crippen molar-refractivity contribution in [1.29, 1.82) is 0 Å². The third-order valence-corrected chi connectivity index (χ3v) is 2.30. The average Bonchev–Trinajstić information content (AvgIpc) is 2.33. The highest BCUT2D eigenvalue weighted by Gasteiger charge is 2.22. The molecule has 0 radical (unpaired) electrons. The van der Waals surface area contributed by atoms with Crippen LogP contribution in [0.1, 0.15) is 23.6 Å². The minimum absolute atomic E-state index is 0. The molecule has 0 unspecified atom stereocenters. The SMILES string of the molecule is Cl.N[C@@H]1CCc2c(F)cc(F)cc21. The summed E-state index contributed by atoms with van der Waals surface area (Å²) in [7, 11) is 0. The molecule has 0 saturated heterocycles. The van der Waals surface area contributed by atoms with Crippen molar-refractivity contribution in [1.82, 2.24) is 0 Å². The predicted molar refractivity (Wildman–Crippen MR) is 48.9 cm³/mol. The van der Waals surface area contributed by atoms with E-state index in [2.05, 4.69) is 0 Å². The largest absolute Gasteiger partial charge is 0.324 e. The lowest BCUT2D eigenvalue weighted by Crippen LogP contribution is -2.05. The number of benzene rings is 1. The van der Waals surface area contributed by atoms with Crippen molar-refractivity contribution in [2.45, 2.75) is 18.9 Å². The first-order valence-electron chi connectivity index (χ1n) is 3.92. The number of nitrogens with two attached hydrogens (primary N) is 1. The van der Waals surface area contributed by atoms with Gasteiger partial charge in [0.2, 0.25) is 0 Å². The second-order valence-electron chi connectivity index (χ2n) is 3.10. The molecule has 1 aromatic carbocycles. The molecular weight excluding hydrogens is 196 g/mol. The number of halogens is 3. The van der Waals surface area contributed by atoms with E-state index in [9.17, 15) is 8.78 Å². The molecule has 0 amide bonds. The lowest BCUT2D eigenvalue weighted by atomic mass is 10.1. The minimum atomic E-state index is -0.538. The lowest BCUT2D eigenvalue weighted by molar-refractivity contribution is 0.573. The Morgan fingerprint density at radius 2 is 2.00 bits per heavy atom. The Balaban J connectivity index is 0.000000845. The monoisotopic (exact) mass is 205 g/mol. The molecule has 72 valence electrons. The molecule has 0 fully saturated rings. The summed E-state index contributed by atoms with van der Waals surface area (Å²) in [5.41, 5.74) is 6.87. The Morgan fingerprint density at radius 1 is 1.31 bits per heavy atom. The van der Waals surface area contributed by atoms with Gasteiger partial charge in [-0.05, 0) is 30.0 Å². The van der Waals surface area contributed by atoms with Crippen LogP contribution in [0.4, 0.5) is 8.78 Å². The van der Waals surface area contributed by atoms with Gasteiger partial charge in [0.1, 0.15) is 11.6 Å². The van der Waals surface area contributed by atoms with Crippen molar-refractivity contribution in [2.75, 3.05) is 0 Å². The molecule has 13 heavy (non-hydrogen) atoms. The van der Waals surface area contributed by atoms with Crippen LogP contribution in [0, 0.1) is 11.6 Å². The number of hydrogen-bond acceptors (Lipinski definition) is 1. The second kappa shape index (κ2) is 3.60. The molecule has 1 aliphatic rings. The van der Waals surface area contributed by atoms with Crippen LogP contribution < -0.4 is 5.73 Å². The van der Waals surface area contributed by atoms with Gasteiger partial charge >= 0.3 is 0 Å². The first kappa shape index (κ1) is 10.4. The normalized spacial score (nSPS) is 19.5. The Bertz CT molecular complexity index is 328. The third kappa shape index (κ3) is 1.67. The first-order chi connectivity index (χ1) is 5.68. The van der Waals surface area contributed by atoms with Crippen LogP contribution in [0.5, 0.6) is 0 Å². The molecule has 0 heterocycles. The standard InChI is InChI=1S/C9H9F2N.ClH/c10-5-3-7-6(8(11)4-5)1-2-9(7)12;/h3-4,9H,1-2,12H2;1H/t9-;/m1./s1. The highest BCUT2D eigenvalue weighted by molar-refractivity contribution is 5.85. The maximum Gasteiger partial charge on any atom is 0.129 e. The van der Waals surface area contributed by atoms with E-state index in [0.717, 1.165) is 12.5 Å². The smallest absolute Gasteiger partial charge is 0.129 e. The highest BCUT2D eigenvalue weighted by Crippen LogP contribution is 2.31. The molecule has 0 bridgehead atoms. The molecule has 2 N–H and O–H groups in total. The molecule has 1 aromatic rings. The zero-order valence-corrected chi connectivity index (χ0v) is 7.70. The van der Waals surface area contributed by atoms with Crippen LogP contribution in [0.2, 0.25) is 0 Å². The highest BCUT2D eigenvalue weighted by atomic mass is 35.5. The van der Waals surface area contributed by atoms with Gasteiger partial charge < -0.3 is 5.73 Å². The van der Waals surface area contributed by atoms with Crippen LogP contribution in [-0.2, 0) is 6.42 Å². The van der Waals surface area contributed by atoms with Crippen LogP contribution in [0.3, 0.4) is 0 Å². The van der Waals surface area contributed by atoms with E-state index >= 15 is 0 Å². The van der Waals surface area contributed by atoms with Gasteiger partial charge in [0.05, 0.1) is 0 Å². The molecule has 0 aromatic heterocycles. The zero-order valence-electron chi connectivity index (χ0n) is 6.89. The van der Waals surface area contributed by atoms with E-state index in [0.29, 0.717) is 17.5 Å². The molecule has 4 heteroatoms. The molecule has 1 atom stereocenters. The molecule has 0 saturated carbocycles. The van der Waals surface area contributed by atoms with E-state index < -0.39 is 11.6 Å². The van der Waals surface area contributed by atoms with E-state index in [-0.39, 0.29) is 18.4 Å². The van der Waals surface area contributed by atoms with E-state index in [1.807, 2.05) is 0 Å². The van der Waals surface area contributed by atoms with Gasteiger partial charge in [-0.1, -0.05) is 0 Å². The van der Waals surface area contributed by atoms with E-state index in [1.54, 1.807) is 0 Å². The van der Waals surface area contributed by atoms with Crippen molar-refractivity contribution in [3.63, 3.8) is 0 Å². The van der Waals surface area contributed by atoms with Crippen molar-refractivity contribution in [2.24, 2.45) is 5.73 Å². The van der Waals surface area contributed by atoms with Crippen LogP contribution in [-0.4, -0.2) is 0 Å². The lowest BCUT2D eigenvalue weighted by Gasteiger charge is -2.04. The van der Waals surface area contributed by atoms with Gasteiger partial charge in [0.25, 0.3) is 0 Å². The van der Waals surface area contributed by atoms with Gasteiger partial charge in [-0.2, -0.15) is 0 Å². The van der Waals surface area contributed by atoms with Crippen molar-refractivity contribution >= 4 is 12.4 Å². The van der Waals surface area contributed by atoms with Gasteiger partial charge in [0.15, 0.2) is 0 Å². The molecule has 0 aliphatic heterocycles. The van der Waals surface area contributed by atoms with Crippen LogP contribution >= 0.6 is 12.4 Å². The van der Waals surface area contributed by atoms with Crippen molar-refractivity contribution in [3.05, 3.63) is 34.9 Å². The fraction of sp³-hybridized carbons (Fsp3) is 0.333. The molecule has 1 nitrogen and oxygen atoms in total. The van der Waals surface area contributed by atoms with Gasteiger partial charge in [-0.3, -0.25) is 0 Å². The summed E-state index contributed by atoms with van der Waals surface area (Å²) in [6, 6.07) is 2.05. The van der Waals surface area contributed by atoms with Crippen LogP contribution in [0.15, 0.2) is 12.1 Å². The second-order valence-corrected chi connectivity index (χ2v) is 3.10. The van der Waals surface area contributed by atoms with Gasteiger partial charge in [-0.25, -0.2) is 8.78 Å².